The van der Waals surface area contributed by atoms with Crippen molar-refractivity contribution in [1.29, 1.82) is 0 Å². The fourth-order valence-electron chi connectivity index (χ4n) is 3.23. The fourth-order valence-corrected chi connectivity index (χ4v) is 3.52. The molecule has 0 spiro atoms. The molecule has 4 amide bonds. The van der Waals surface area contributed by atoms with Crippen molar-refractivity contribution in [3.8, 4) is 0 Å². The Balaban J connectivity index is 5.88. The minimum absolute atomic E-state index is 0.343. The molecule has 0 aromatic carbocycles. The van der Waals surface area contributed by atoms with Crippen molar-refractivity contribution >= 4 is 66.8 Å². The number of carboxylic acid groups (broad SMARTS) is 3. The van der Waals surface area contributed by atoms with E-state index in [0.717, 1.165) is 0 Å². The number of hydrogen-bond acceptors (Lipinski definition) is 10. The van der Waals surface area contributed by atoms with Gasteiger partial charge in [-0.25, -0.2) is 4.79 Å². The first-order valence-electron chi connectivity index (χ1n) is 12.5. The van der Waals surface area contributed by atoms with Crippen LogP contribution in [0.3, 0.4) is 0 Å². The molecule has 0 fully saturated rings. The van der Waals surface area contributed by atoms with E-state index in [-0.39, 0.29) is 6.42 Å². The van der Waals surface area contributed by atoms with Crippen molar-refractivity contribution in [2.24, 2.45) is 5.73 Å². The van der Waals surface area contributed by atoms with Crippen LogP contribution >= 0.6 is 25.3 Å². The molecule has 0 radical (unpaired) electrons. The Labute approximate surface area is 248 Å². The fraction of sp³-hybridized carbons (Fsp3) is 0.708. The summed E-state index contributed by atoms with van der Waals surface area (Å²) in [5.74, 6) is -7.61. The molecule has 17 heteroatoms. The molecular formula is C24H41N5O10S2. The van der Waals surface area contributed by atoms with Gasteiger partial charge in [-0.1, -0.05) is 0 Å². The van der Waals surface area contributed by atoms with Crippen LogP contribution in [0.5, 0.6) is 0 Å². The van der Waals surface area contributed by atoms with E-state index >= 15 is 0 Å². The Kier molecular flexibility index (Phi) is 14.1. The predicted molar refractivity (Wildman–Crippen MR) is 153 cm³/mol. The van der Waals surface area contributed by atoms with Crippen molar-refractivity contribution in [3.63, 3.8) is 0 Å². The second-order valence-electron chi connectivity index (χ2n) is 11.1. The van der Waals surface area contributed by atoms with E-state index in [9.17, 15) is 38.7 Å². The highest BCUT2D eigenvalue weighted by molar-refractivity contribution is 7.82. The highest BCUT2D eigenvalue weighted by Crippen LogP contribution is 2.19. The molecule has 4 atom stereocenters. The highest BCUT2D eigenvalue weighted by Gasteiger charge is 2.39. The van der Waals surface area contributed by atoms with Gasteiger partial charge in [-0.05, 0) is 54.4 Å². The van der Waals surface area contributed by atoms with Crippen LogP contribution in [-0.2, 0) is 33.6 Å². The molecule has 15 nitrogen and oxygen atoms in total. The predicted octanol–water partition coefficient (Wildman–Crippen LogP) is -1.11. The first-order valence-corrected chi connectivity index (χ1v) is 13.4. The second-order valence-corrected chi connectivity index (χ2v) is 13.4. The molecule has 0 aliphatic carbocycles. The van der Waals surface area contributed by atoms with Gasteiger partial charge in [0.1, 0.15) is 23.7 Å². The Bertz CT molecular complexity index is 1020. The topological polar surface area (TPSA) is 254 Å². The van der Waals surface area contributed by atoms with Crippen LogP contribution in [0.1, 0.15) is 67.2 Å². The van der Waals surface area contributed by atoms with Crippen LogP contribution in [-0.4, -0.2) is 96.1 Å². The number of nitrogens with two attached hydrogens (primary N) is 1. The van der Waals surface area contributed by atoms with E-state index in [0.29, 0.717) is 0 Å². The van der Waals surface area contributed by atoms with Gasteiger partial charge in [0, 0.05) is 22.3 Å². The average molecular weight is 624 g/mol. The largest absolute Gasteiger partial charge is 0.481 e. The van der Waals surface area contributed by atoms with Gasteiger partial charge in [-0.15, -0.1) is 0 Å². The summed E-state index contributed by atoms with van der Waals surface area (Å²) >= 11 is 8.40. The minimum atomic E-state index is -1.77. The summed E-state index contributed by atoms with van der Waals surface area (Å²) in [6.45, 7) is 8.49. The van der Waals surface area contributed by atoms with Crippen molar-refractivity contribution in [1.82, 2.24) is 21.3 Å². The van der Waals surface area contributed by atoms with Gasteiger partial charge in [-0.2, -0.15) is 25.3 Å². The van der Waals surface area contributed by atoms with Gasteiger partial charge >= 0.3 is 17.9 Å². The Morgan fingerprint density at radius 1 is 0.683 bits per heavy atom. The smallest absolute Gasteiger partial charge is 0.327 e. The number of hydrogen-bond donors (Lipinski definition) is 10. The zero-order valence-corrected chi connectivity index (χ0v) is 25.6. The molecule has 0 unspecified atom stereocenters. The molecule has 0 saturated carbocycles. The zero-order valence-electron chi connectivity index (χ0n) is 23.8. The van der Waals surface area contributed by atoms with Crippen LogP contribution in [0.4, 0.5) is 0 Å². The molecule has 0 aromatic heterocycles. The van der Waals surface area contributed by atoms with Gasteiger partial charge in [0.25, 0.3) is 0 Å². The first-order chi connectivity index (χ1) is 18.4. The van der Waals surface area contributed by atoms with Crippen LogP contribution < -0.4 is 27.0 Å². The molecule has 41 heavy (non-hydrogen) atoms. The monoisotopic (exact) mass is 623 g/mol. The van der Waals surface area contributed by atoms with Gasteiger partial charge in [-0.3, -0.25) is 28.8 Å². The number of thiol groups is 2. The molecule has 0 heterocycles. The third-order valence-corrected chi connectivity index (χ3v) is 6.37. The summed E-state index contributed by atoms with van der Waals surface area (Å²) in [4.78, 5) is 85.5. The summed E-state index contributed by atoms with van der Waals surface area (Å²) < 4.78 is -2.21. The van der Waals surface area contributed by atoms with Gasteiger partial charge in [0.2, 0.25) is 23.6 Å². The SMILES string of the molecule is CC(C)(NC(=O)[C@H](CCC(=O)O)NC(=O)[C@@H](N)C(C)(C)S)C(=O)N[C@@H](CCC(=O)O)C(=O)N[C@H](C(=O)O)C(C)(C)S. The zero-order chi connectivity index (χ0) is 32.5. The van der Waals surface area contributed by atoms with E-state index in [1.165, 1.54) is 27.7 Å². The van der Waals surface area contributed by atoms with Crippen molar-refractivity contribution < 1.29 is 48.9 Å². The first kappa shape index (κ1) is 38.0. The van der Waals surface area contributed by atoms with Crippen LogP contribution in [0.2, 0.25) is 0 Å². The van der Waals surface area contributed by atoms with Crippen molar-refractivity contribution in [2.75, 3.05) is 0 Å². The molecule has 0 aliphatic rings. The van der Waals surface area contributed by atoms with Gasteiger partial charge in [0.15, 0.2) is 0 Å². The maximum atomic E-state index is 13.1. The van der Waals surface area contributed by atoms with Crippen LogP contribution in [0.15, 0.2) is 0 Å². The summed E-state index contributed by atoms with van der Waals surface area (Å²) in [5.41, 5.74) is 4.09. The number of carbonyl (C=O) groups is 7. The third kappa shape index (κ3) is 13.4. The van der Waals surface area contributed by atoms with E-state index in [2.05, 4.69) is 46.5 Å². The molecular weight excluding hydrogens is 582 g/mol. The Morgan fingerprint density at radius 3 is 1.49 bits per heavy atom. The second kappa shape index (κ2) is 15.3. The standard InChI is InChI=1S/C24H41N5O10S2/c1-22(2,29-18(35)12(8-10-14(32)33)26-19(36)15(25)23(3,4)40)21(39)27-11(7-9-13(30)31)17(34)28-16(20(37)38)24(5,6)41/h11-12,15-16,40-41H,7-10,25H2,1-6H3,(H,26,36)(H,27,39)(H,28,34)(H,29,35)(H,30,31)(H,32,33)(H,37,38)/t11-,12-,15+,16+/m0/s1. The molecule has 0 rings (SSSR count). The quantitative estimate of drug-likeness (QED) is 0.0870. The third-order valence-electron chi connectivity index (χ3n) is 5.84. The van der Waals surface area contributed by atoms with E-state index < -0.39 is 100.0 Å². The molecule has 0 aliphatic heterocycles. The molecule has 9 N–H and O–H groups in total. The number of carboxylic acids is 3. The van der Waals surface area contributed by atoms with Crippen LogP contribution in [0, 0.1) is 0 Å². The number of amides is 4. The lowest BCUT2D eigenvalue weighted by atomic mass is 9.99. The lowest BCUT2D eigenvalue weighted by molar-refractivity contribution is -0.144. The summed E-state index contributed by atoms with van der Waals surface area (Å²) in [6.07, 6.45) is -1.82. The number of rotatable bonds is 17. The lowest BCUT2D eigenvalue weighted by Crippen LogP contribution is -2.63. The molecule has 0 saturated heterocycles. The lowest BCUT2D eigenvalue weighted by Gasteiger charge is -2.32. The summed E-state index contributed by atoms with van der Waals surface area (Å²) in [6, 6.07) is -5.59. The maximum Gasteiger partial charge on any atom is 0.327 e. The molecule has 234 valence electrons. The van der Waals surface area contributed by atoms with Crippen LogP contribution in [0.25, 0.3) is 0 Å². The maximum absolute atomic E-state index is 13.1. The molecule has 0 aromatic rings. The highest BCUT2D eigenvalue weighted by atomic mass is 32.1. The van der Waals surface area contributed by atoms with Gasteiger partial charge in [0.05, 0.1) is 6.04 Å². The number of aliphatic carboxylic acids is 3. The average Bonchev–Trinajstić information content (AvgIpc) is 2.79. The number of carbonyl (C=O) groups excluding carboxylic acids is 4. The van der Waals surface area contributed by atoms with Gasteiger partial charge < -0.3 is 42.3 Å². The number of nitrogens with one attached hydrogen (secondary N) is 4. The van der Waals surface area contributed by atoms with E-state index in [1.54, 1.807) is 13.8 Å². The van der Waals surface area contributed by atoms with E-state index in [4.69, 9.17) is 15.9 Å². The minimum Gasteiger partial charge on any atom is -0.481 e. The normalized spacial score (nSPS) is 15.0. The van der Waals surface area contributed by atoms with E-state index in [1.807, 2.05) is 0 Å². The summed E-state index contributed by atoms with van der Waals surface area (Å²) in [5, 5.41) is 36.9. The van der Waals surface area contributed by atoms with Crippen molar-refractivity contribution in [3.05, 3.63) is 0 Å². The Hall–Kier alpha value is -3.05. The summed E-state index contributed by atoms with van der Waals surface area (Å²) in [7, 11) is 0. The Morgan fingerprint density at radius 2 is 1.12 bits per heavy atom. The molecule has 0 bridgehead atoms. The van der Waals surface area contributed by atoms with Crippen molar-refractivity contribution in [2.45, 2.75) is 106 Å².